The highest BCUT2D eigenvalue weighted by Crippen LogP contribution is 2.21. The summed E-state index contributed by atoms with van der Waals surface area (Å²) in [4.78, 5) is 10.7. The molecule has 0 saturated heterocycles. The van der Waals surface area contributed by atoms with Gasteiger partial charge >= 0.3 is 0 Å². The summed E-state index contributed by atoms with van der Waals surface area (Å²) < 4.78 is 19.0. The van der Waals surface area contributed by atoms with Crippen LogP contribution in [0.4, 0.5) is 4.39 Å². The molecule has 0 aromatic heterocycles. The highest BCUT2D eigenvalue weighted by molar-refractivity contribution is 5.83. The molecule has 0 heterocycles. The van der Waals surface area contributed by atoms with Gasteiger partial charge in [-0.2, -0.15) is 0 Å². The normalized spacial score (nSPS) is 10.5. The lowest BCUT2D eigenvalue weighted by atomic mass is 10.1. The molecule has 0 saturated carbocycles. The van der Waals surface area contributed by atoms with Crippen LogP contribution in [0, 0.1) is 5.82 Å². The summed E-state index contributed by atoms with van der Waals surface area (Å²) in [7, 11) is 0. The first-order valence-corrected chi connectivity index (χ1v) is 6.61. The number of aldehydes is 1. The van der Waals surface area contributed by atoms with Crippen LogP contribution in [0.5, 0.6) is 5.75 Å². The molecule has 3 aromatic carbocycles. The summed E-state index contributed by atoms with van der Waals surface area (Å²) in [6, 6.07) is 18.0. The van der Waals surface area contributed by atoms with Gasteiger partial charge in [-0.25, -0.2) is 4.39 Å². The van der Waals surface area contributed by atoms with Gasteiger partial charge in [0, 0.05) is 5.56 Å². The van der Waals surface area contributed by atoms with Gasteiger partial charge in [0.2, 0.25) is 0 Å². The van der Waals surface area contributed by atoms with Gasteiger partial charge in [-0.1, -0.05) is 30.3 Å². The number of carbonyl (C=O) groups is 1. The molecule has 0 bridgehead atoms. The van der Waals surface area contributed by atoms with E-state index in [0.717, 1.165) is 10.8 Å². The van der Waals surface area contributed by atoms with Crippen LogP contribution >= 0.6 is 0 Å². The first-order chi connectivity index (χ1) is 10.2. The van der Waals surface area contributed by atoms with Crippen LogP contribution in [0.1, 0.15) is 15.9 Å². The molecule has 21 heavy (non-hydrogen) atoms. The molecule has 0 spiro atoms. The lowest BCUT2D eigenvalue weighted by Crippen LogP contribution is -1.97. The summed E-state index contributed by atoms with van der Waals surface area (Å²) >= 11 is 0. The third-order valence-corrected chi connectivity index (χ3v) is 3.24. The molecule has 0 amide bonds. The fourth-order valence-electron chi connectivity index (χ4n) is 2.25. The van der Waals surface area contributed by atoms with Crippen LogP contribution < -0.4 is 4.74 Å². The average Bonchev–Trinajstić information content (AvgIpc) is 2.52. The molecule has 3 aromatic rings. The maximum absolute atomic E-state index is 13.3. The minimum atomic E-state index is -0.434. The van der Waals surface area contributed by atoms with E-state index < -0.39 is 5.82 Å². The molecular weight excluding hydrogens is 267 g/mol. The maximum Gasteiger partial charge on any atom is 0.150 e. The second kappa shape index (κ2) is 5.75. The molecule has 3 heteroatoms. The first kappa shape index (κ1) is 13.3. The molecule has 0 fully saturated rings. The number of hydrogen-bond acceptors (Lipinski definition) is 2. The topological polar surface area (TPSA) is 26.3 Å². The van der Waals surface area contributed by atoms with Crippen LogP contribution in [0.25, 0.3) is 10.8 Å². The number of benzene rings is 3. The van der Waals surface area contributed by atoms with Gasteiger partial charge in [0.1, 0.15) is 24.5 Å². The van der Waals surface area contributed by atoms with E-state index in [1.165, 1.54) is 12.1 Å². The molecule has 0 aliphatic heterocycles. The van der Waals surface area contributed by atoms with Crippen molar-refractivity contribution in [1.29, 1.82) is 0 Å². The lowest BCUT2D eigenvalue weighted by molar-refractivity contribution is 0.112. The lowest BCUT2D eigenvalue weighted by Gasteiger charge is -2.08. The van der Waals surface area contributed by atoms with Crippen molar-refractivity contribution in [3.63, 3.8) is 0 Å². The van der Waals surface area contributed by atoms with E-state index in [1.807, 2.05) is 42.5 Å². The predicted molar refractivity (Wildman–Crippen MR) is 80.1 cm³/mol. The van der Waals surface area contributed by atoms with E-state index in [-0.39, 0.29) is 6.61 Å². The smallest absolute Gasteiger partial charge is 0.150 e. The fourth-order valence-corrected chi connectivity index (χ4v) is 2.25. The van der Waals surface area contributed by atoms with E-state index in [2.05, 4.69) is 0 Å². The third-order valence-electron chi connectivity index (χ3n) is 3.24. The van der Waals surface area contributed by atoms with Gasteiger partial charge in [0.05, 0.1) is 0 Å². The number of fused-ring (bicyclic) bond motifs is 1. The molecule has 0 atom stereocenters. The Balaban J connectivity index is 1.79. The van der Waals surface area contributed by atoms with Gasteiger partial charge in [-0.3, -0.25) is 4.79 Å². The fraction of sp³-hybridized carbons (Fsp3) is 0.0556. The number of ether oxygens (including phenoxy) is 1. The van der Waals surface area contributed by atoms with E-state index in [1.54, 1.807) is 6.07 Å². The number of hydrogen-bond donors (Lipinski definition) is 0. The van der Waals surface area contributed by atoms with Gasteiger partial charge in [0.25, 0.3) is 0 Å². The Labute approximate surface area is 121 Å². The minimum absolute atomic E-state index is 0.219. The predicted octanol–water partition coefficient (Wildman–Crippen LogP) is 4.37. The monoisotopic (exact) mass is 280 g/mol. The molecule has 0 unspecified atom stereocenters. The zero-order chi connectivity index (χ0) is 14.7. The number of carbonyl (C=O) groups excluding carboxylic acids is 1. The average molecular weight is 280 g/mol. The van der Waals surface area contributed by atoms with Crippen LogP contribution in [0.2, 0.25) is 0 Å². The van der Waals surface area contributed by atoms with Crippen molar-refractivity contribution in [2.24, 2.45) is 0 Å². The molecule has 0 aliphatic carbocycles. The maximum atomic E-state index is 13.3. The number of halogens is 1. The first-order valence-electron chi connectivity index (χ1n) is 6.61. The minimum Gasteiger partial charge on any atom is -0.489 e. The van der Waals surface area contributed by atoms with Gasteiger partial charge in [-0.05, 0) is 46.7 Å². The highest BCUT2D eigenvalue weighted by atomic mass is 19.1. The van der Waals surface area contributed by atoms with Crippen LogP contribution in [-0.2, 0) is 6.61 Å². The molecule has 0 N–H and O–H groups in total. The van der Waals surface area contributed by atoms with Crippen molar-refractivity contribution < 1.29 is 13.9 Å². The second-order valence-corrected chi connectivity index (χ2v) is 4.81. The zero-order valence-corrected chi connectivity index (χ0v) is 11.3. The van der Waals surface area contributed by atoms with Crippen molar-refractivity contribution >= 4 is 17.1 Å². The Hall–Kier alpha value is -2.68. The molecule has 0 radical (unpaired) electrons. The van der Waals surface area contributed by atoms with Gasteiger partial charge in [0.15, 0.2) is 0 Å². The van der Waals surface area contributed by atoms with Gasteiger partial charge in [-0.15, -0.1) is 0 Å². The molecule has 2 nitrogen and oxygen atoms in total. The zero-order valence-electron chi connectivity index (χ0n) is 11.3. The Kier molecular flexibility index (Phi) is 3.65. The Morgan fingerprint density at radius 3 is 2.57 bits per heavy atom. The Morgan fingerprint density at radius 2 is 1.76 bits per heavy atom. The molecule has 3 rings (SSSR count). The van der Waals surface area contributed by atoms with E-state index in [4.69, 9.17) is 4.74 Å². The standard InChI is InChI=1S/C18H13FO2/c19-17-8-13(11-20)7-14(9-17)12-21-18-6-5-15-3-1-2-4-16(15)10-18/h1-11H,12H2. The summed E-state index contributed by atoms with van der Waals surface area (Å²) in [6.07, 6.45) is 0.628. The largest absolute Gasteiger partial charge is 0.489 e. The summed E-state index contributed by atoms with van der Waals surface area (Å²) in [5.41, 5.74) is 0.942. The molecule has 104 valence electrons. The quantitative estimate of drug-likeness (QED) is 0.663. The van der Waals surface area contributed by atoms with E-state index in [9.17, 15) is 9.18 Å². The summed E-state index contributed by atoms with van der Waals surface area (Å²) in [6.45, 7) is 0.219. The van der Waals surface area contributed by atoms with E-state index in [0.29, 0.717) is 23.2 Å². The SMILES string of the molecule is O=Cc1cc(F)cc(COc2ccc3ccccc3c2)c1. The van der Waals surface area contributed by atoms with E-state index >= 15 is 0 Å². The summed E-state index contributed by atoms with van der Waals surface area (Å²) in [5, 5.41) is 2.22. The van der Waals surface area contributed by atoms with Crippen LogP contribution in [0.3, 0.4) is 0 Å². The van der Waals surface area contributed by atoms with Crippen molar-refractivity contribution in [1.82, 2.24) is 0 Å². The van der Waals surface area contributed by atoms with Crippen molar-refractivity contribution in [2.45, 2.75) is 6.61 Å². The third kappa shape index (κ3) is 3.08. The Morgan fingerprint density at radius 1 is 0.952 bits per heavy atom. The molecule has 0 aliphatic rings. The van der Waals surface area contributed by atoms with Crippen molar-refractivity contribution in [3.8, 4) is 5.75 Å². The summed E-state index contributed by atoms with van der Waals surface area (Å²) in [5.74, 6) is 0.280. The van der Waals surface area contributed by atoms with Crippen molar-refractivity contribution in [2.75, 3.05) is 0 Å². The Bertz CT molecular complexity index is 796. The molecular formula is C18H13FO2. The van der Waals surface area contributed by atoms with Crippen LogP contribution in [0.15, 0.2) is 60.7 Å². The van der Waals surface area contributed by atoms with Crippen molar-refractivity contribution in [3.05, 3.63) is 77.6 Å². The number of rotatable bonds is 4. The highest BCUT2D eigenvalue weighted by Gasteiger charge is 2.02. The van der Waals surface area contributed by atoms with Crippen LogP contribution in [-0.4, -0.2) is 6.29 Å². The van der Waals surface area contributed by atoms with Gasteiger partial charge < -0.3 is 4.74 Å². The second-order valence-electron chi connectivity index (χ2n) is 4.81.